The highest BCUT2D eigenvalue weighted by molar-refractivity contribution is 8.00. The number of carbonyl (C=O) groups excluding carboxylic acids is 1. The molecule has 1 aromatic heterocycles. The monoisotopic (exact) mass is 273 g/mol. The zero-order valence-electron chi connectivity index (χ0n) is 11.6. The maximum Gasteiger partial charge on any atom is 0.174 e. The third kappa shape index (κ3) is 3.51. The Balaban J connectivity index is 1.96. The van der Waals surface area contributed by atoms with Gasteiger partial charge in [0, 0.05) is 22.2 Å². The Morgan fingerprint density at radius 1 is 1.26 bits per heavy atom. The lowest BCUT2D eigenvalue weighted by molar-refractivity contribution is 0.102. The van der Waals surface area contributed by atoms with Crippen LogP contribution in [-0.2, 0) is 0 Å². The van der Waals surface area contributed by atoms with Gasteiger partial charge >= 0.3 is 0 Å². The van der Waals surface area contributed by atoms with Gasteiger partial charge in [-0.15, -0.1) is 11.8 Å². The van der Waals surface area contributed by atoms with E-state index >= 15 is 0 Å². The molecule has 0 radical (unpaired) electrons. The number of nitrogens with one attached hydrogen (secondary N) is 1. The molecular formula is C16H19NOS. The number of Topliss-reactive ketones (excluding diaryl/α,β-unsaturated/α-hetero) is 1. The predicted molar refractivity (Wildman–Crippen MR) is 81.9 cm³/mol. The predicted octanol–water partition coefficient (Wildman–Crippen LogP) is 4.31. The van der Waals surface area contributed by atoms with E-state index in [1.807, 2.05) is 38.1 Å². The summed E-state index contributed by atoms with van der Waals surface area (Å²) in [6.07, 6.45) is 0. The number of hydrogen-bond acceptors (Lipinski definition) is 2. The van der Waals surface area contributed by atoms with E-state index in [1.54, 1.807) is 11.8 Å². The topological polar surface area (TPSA) is 32.9 Å². The number of rotatable bonds is 5. The standard InChI is InChI=1S/C16H19NOS/c1-11-9-15(12(2)17-11)16(18)10-19-13(3)14-7-5-4-6-8-14/h4-9,13,17H,10H2,1-3H3. The Morgan fingerprint density at radius 3 is 2.53 bits per heavy atom. The van der Waals surface area contributed by atoms with Crippen LogP contribution in [0.5, 0.6) is 0 Å². The Labute approximate surface area is 118 Å². The first-order chi connectivity index (χ1) is 9.08. The number of aromatic nitrogens is 1. The first-order valence-corrected chi connectivity index (χ1v) is 7.48. The van der Waals surface area contributed by atoms with E-state index in [1.165, 1.54) is 5.56 Å². The molecule has 19 heavy (non-hydrogen) atoms. The highest BCUT2D eigenvalue weighted by Gasteiger charge is 2.14. The van der Waals surface area contributed by atoms with Crippen molar-refractivity contribution < 1.29 is 4.79 Å². The van der Waals surface area contributed by atoms with E-state index in [2.05, 4.69) is 24.0 Å². The van der Waals surface area contributed by atoms with E-state index in [9.17, 15) is 4.79 Å². The fourth-order valence-electron chi connectivity index (χ4n) is 2.11. The second kappa shape index (κ2) is 6.11. The van der Waals surface area contributed by atoms with Crippen LogP contribution >= 0.6 is 11.8 Å². The molecule has 0 aliphatic carbocycles. The van der Waals surface area contributed by atoms with Gasteiger partial charge in [0.05, 0.1) is 5.75 Å². The number of ketones is 1. The summed E-state index contributed by atoms with van der Waals surface area (Å²) in [4.78, 5) is 15.4. The summed E-state index contributed by atoms with van der Waals surface area (Å²) in [5.41, 5.74) is 4.10. The lowest BCUT2D eigenvalue weighted by Crippen LogP contribution is -2.04. The highest BCUT2D eigenvalue weighted by Crippen LogP contribution is 2.28. The summed E-state index contributed by atoms with van der Waals surface area (Å²) in [7, 11) is 0. The summed E-state index contributed by atoms with van der Waals surface area (Å²) in [6, 6.07) is 12.2. The van der Waals surface area contributed by atoms with Crippen LogP contribution in [0.1, 0.15) is 39.5 Å². The van der Waals surface area contributed by atoms with E-state index in [0.29, 0.717) is 11.0 Å². The molecular weight excluding hydrogens is 254 g/mol. The van der Waals surface area contributed by atoms with Gasteiger partial charge in [0.15, 0.2) is 5.78 Å². The first kappa shape index (κ1) is 13.9. The molecule has 0 amide bonds. The molecule has 1 N–H and O–H groups in total. The van der Waals surface area contributed by atoms with E-state index in [4.69, 9.17) is 0 Å². The zero-order chi connectivity index (χ0) is 13.8. The summed E-state index contributed by atoms with van der Waals surface area (Å²) in [5, 5.41) is 0.338. The van der Waals surface area contributed by atoms with Crippen molar-refractivity contribution in [1.82, 2.24) is 4.98 Å². The Hall–Kier alpha value is -1.48. The number of benzene rings is 1. The molecule has 0 spiro atoms. The van der Waals surface area contributed by atoms with Gasteiger partial charge in [-0.25, -0.2) is 0 Å². The van der Waals surface area contributed by atoms with Crippen LogP contribution in [0, 0.1) is 13.8 Å². The third-order valence-corrected chi connectivity index (χ3v) is 4.38. The molecule has 100 valence electrons. The quantitative estimate of drug-likeness (QED) is 0.823. The number of aromatic amines is 1. The van der Waals surface area contributed by atoms with Crippen LogP contribution < -0.4 is 0 Å². The summed E-state index contributed by atoms with van der Waals surface area (Å²) < 4.78 is 0. The van der Waals surface area contributed by atoms with E-state index in [-0.39, 0.29) is 5.78 Å². The molecule has 0 saturated heterocycles. The number of hydrogen-bond donors (Lipinski definition) is 1. The molecule has 0 bridgehead atoms. The average molecular weight is 273 g/mol. The van der Waals surface area contributed by atoms with Crippen LogP contribution in [0.3, 0.4) is 0 Å². The van der Waals surface area contributed by atoms with Gasteiger partial charge in [-0.1, -0.05) is 30.3 Å². The Morgan fingerprint density at radius 2 is 1.95 bits per heavy atom. The van der Waals surface area contributed by atoms with Crippen molar-refractivity contribution >= 4 is 17.5 Å². The average Bonchev–Trinajstić information content (AvgIpc) is 2.75. The van der Waals surface area contributed by atoms with Gasteiger partial charge in [0.2, 0.25) is 0 Å². The minimum Gasteiger partial charge on any atom is -0.362 e. The Kier molecular flexibility index (Phi) is 4.48. The van der Waals surface area contributed by atoms with Crippen LogP contribution in [0.4, 0.5) is 0 Å². The van der Waals surface area contributed by atoms with E-state index < -0.39 is 0 Å². The van der Waals surface area contributed by atoms with Crippen molar-refractivity contribution in [2.75, 3.05) is 5.75 Å². The Bertz CT molecular complexity index is 559. The molecule has 0 fully saturated rings. The second-order valence-electron chi connectivity index (χ2n) is 4.78. The van der Waals surface area contributed by atoms with Crippen molar-refractivity contribution in [3.63, 3.8) is 0 Å². The zero-order valence-corrected chi connectivity index (χ0v) is 12.4. The lowest BCUT2D eigenvalue weighted by atomic mass is 10.2. The fourth-order valence-corrected chi connectivity index (χ4v) is 3.02. The normalized spacial score (nSPS) is 12.4. The van der Waals surface area contributed by atoms with Crippen molar-refractivity contribution in [3.8, 4) is 0 Å². The largest absolute Gasteiger partial charge is 0.362 e. The lowest BCUT2D eigenvalue weighted by Gasteiger charge is -2.10. The second-order valence-corrected chi connectivity index (χ2v) is 6.11. The van der Waals surface area contributed by atoms with Gasteiger partial charge in [-0.3, -0.25) is 4.79 Å². The van der Waals surface area contributed by atoms with Gasteiger partial charge < -0.3 is 4.98 Å². The number of carbonyl (C=O) groups is 1. The molecule has 1 unspecified atom stereocenters. The molecule has 2 rings (SSSR count). The van der Waals surface area contributed by atoms with E-state index in [0.717, 1.165) is 17.0 Å². The minimum absolute atomic E-state index is 0.203. The molecule has 0 aliphatic rings. The molecule has 3 heteroatoms. The SMILES string of the molecule is Cc1cc(C(=O)CSC(C)c2ccccc2)c(C)[nH]1. The number of thioether (sulfide) groups is 1. The number of H-pyrrole nitrogens is 1. The number of aryl methyl sites for hydroxylation is 2. The van der Waals surface area contributed by atoms with Crippen molar-refractivity contribution in [2.24, 2.45) is 0 Å². The van der Waals surface area contributed by atoms with Gasteiger partial charge in [0.1, 0.15) is 0 Å². The molecule has 1 heterocycles. The summed E-state index contributed by atoms with van der Waals surface area (Å²) in [5.74, 6) is 0.725. The van der Waals surface area contributed by atoms with Crippen LogP contribution in [0.2, 0.25) is 0 Å². The van der Waals surface area contributed by atoms with Crippen LogP contribution in [0.25, 0.3) is 0 Å². The van der Waals surface area contributed by atoms with Crippen molar-refractivity contribution in [2.45, 2.75) is 26.0 Å². The first-order valence-electron chi connectivity index (χ1n) is 6.44. The maximum absolute atomic E-state index is 12.2. The minimum atomic E-state index is 0.203. The fraction of sp³-hybridized carbons (Fsp3) is 0.312. The summed E-state index contributed by atoms with van der Waals surface area (Å²) >= 11 is 1.69. The highest BCUT2D eigenvalue weighted by atomic mass is 32.2. The molecule has 2 nitrogen and oxygen atoms in total. The third-order valence-electron chi connectivity index (χ3n) is 3.18. The summed E-state index contributed by atoms with van der Waals surface area (Å²) in [6.45, 7) is 6.07. The van der Waals surface area contributed by atoms with Gasteiger partial charge in [-0.2, -0.15) is 0 Å². The molecule has 0 saturated carbocycles. The van der Waals surface area contributed by atoms with Gasteiger partial charge in [0.25, 0.3) is 0 Å². The molecule has 2 aromatic rings. The maximum atomic E-state index is 12.2. The van der Waals surface area contributed by atoms with Crippen LogP contribution in [-0.4, -0.2) is 16.5 Å². The van der Waals surface area contributed by atoms with Crippen molar-refractivity contribution in [3.05, 3.63) is 58.9 Å². The molecule has 0 aliphatic heterocycles. The molecule has 1 atom stereocenters. The molecule has 1 aromatic carbocycles. The smallest absolute Gasteiger partial charge is 0.174 e. The van der Waals surface area contributed by atoms with Crippen LogP contribution in [0.15, 0.2) is 36.4 Å². The van der Waals surface area contributed by atoms with Crippen molar-refractivity contribution in [1.29, 1.82) is 0 Å². The van der Waals surface area contributed by atoms with Gasteiger partial charge in [-0.05, 0) is 32.4 Å².